The molecule has 1 nitrogen and oxygen atoms in total. The van der Waals surface area contributed by atoms with Gasteiger partial charge in [-0.25, -0.2) is 0 Å². The van der Waals surface area contributed by atoms with Crippen LogP contribution >= 0.6 is 27.5 Å². The van der Waals surface area contributed by atoms with Crippen LogP contribution in [0.15, 0.2) is 22.7 Å². The lowest BCUT2D eigenvalue weighted by molar-refractivity contribution is 0.127. The van der Waals surface area contributed by atoms with Crippen LogP contribution in [0.2, 0.25) is 0 Å². The molecule has 0 spiro atoms. The summed E-state index contributed by atoms with van der Waals surface area (Å²) >= 11 is 9.50. The van der Waals surface area contributed by atoms with E-state index in [0.29, 0.717) is 12.0 Å². The number of benzene rings is 1. The number of para-hydroxylation sites is 1. The Balaban J connectivity index is 2.12. The van der Waals surface area contributed by atoms with Gasteiger partial charge in [0.2, 0.25) is 0 Å². The number of ether oxygens (including phenoxy) is 1. The van der Waals surface area contributed by atoms with Crippen LogP contribution in [0.25, 0.3) is 0 Å². The molecule has 0 saturated heterocycles. The second-order valence-electron chi connectivity index (χ2n) is 4.87. The van der Waals surface area contributed by atoms with Gasteiger partial charge in [0, 0.05) is 5.56 Å². The Hall–Kier alpha value is -0.210. The maximum absolute atomic E-state index is 6.15. The SMILES string of the molecule is CC1CCCC(Oc2c(Br)cccc2CCl)C1. The second-order valence-corrected chi connectivity index (χ2v) is 5.99. The predicted octanol–water partition coefficient (Wildman–Crippen LogP) is 5.15. The van der Waals surface area contributed by atoms with E-state index in [1.54, 1.807) is 0 Å². The molecular formula is C14H18BrClO. The number of halogens is 2. The summed E-state index contributed by atoms with van der Waals surface area (Å²) in [4.78, 5) is 0. The zero-order valence-electron chi connectivity index (χ0n) is 10.1. The van der Waals surface area contributed by atoms with Gasteiger partial charge in [0.1, 0.15) is 5.75 Å². The van der Waals surface area contributed by atoms with Crippen molar-refractivity contribution in [3.63, 3.8) is 0 Å². The van der Waals surface area contributed by atoms with Crippen molar-refractivity contribution >= 4 is 27.5 Å². The summed E-state index contributed by atoms with van der Waals surface area (Å²) in [5.41, 5.74) is 1.07. The fraction of sp³-hybridized carbons (Fsp3) is 0.571. The van der Waals surface area contributed by atoms with Gasteiger partial charge in [-0.2, -0.15) is 0 Å². The molecule has 1 fully saturated rings. The molecule has 1 aromatic rings. The van der Waals surface area contributed by atoms with Crippen LogP contribution < -0.4 is 4.74 Å². The van der Waals surface area contributed by atoms with Gasteiger partial charge in [0.25, 0.3) is 0 Å². The molecular weight excluding hydrogens is 300 g/mol. The van der Waals surface area contributed by atoms with Crippen molar-refractivity contribution in [1.82, 2.24) is 0 Å². The van der Waals surface area contributed by atoms with Crippen LogP contribution in [-0.2, 0) is 5.88 Å². The third-order valence-electron chi connectivity index (χ3n) is 3.37. The largest absolute Gasteiger partial charge is 0.489 e. The molecule has 2 rings (SSSR count). The molecule has 1 aromatic carbocycles. The van der Waals surface area contributed by atoms with E-state index in [9.17, 15) is 0 Å². The third-order valence-corrected chi connectivity index (χ3v) is 4.28. The van der Waals surface area contributed by atoms with E-state index in [2.05, 4.69) is 22.9 Å². The minimum atomic E-state index is 0.347. The molecule has 94 valence electrons. The van der Waals surface area contributed by atoms with E-state index in [0.717, 1.165) is 34.5 Å². The number of rotatable bonds is 3. The van der Waals surface area contributed by atoms with E-state index < -0.39 is 0 Å². The zero-order chi connectivity index (χ0) is 12.3. The Kier molecular flexibility index (Phi) is 4.75. The Morgan fingerprint density at radius 1 is 1.41 bits per heavy atom. The molecule has 0 bridgehead atoms. The number of alkyl halides is 1. The van der Waals surface area contributed by atoms with Gasteiger partial charge in [-0.15, -0.1) is 11.6 Å². The summed E-state index contributed by atoms with van der Waals surface area (Å²) in [7, 11) is 0. The second kappa shape index (κ2) is 6.10. The van der Waals surface area contributed by atoms with Crippen LogP contribution in [0.1, 0.15) is 38.2 Å². The van der Waals surface area contributed by atoms with E-state index in [4.69, 9.17) is 16.3 Å². The van der Waals surface area contributed by atoms with Gasteiger partial charge in [-0.3, -0.25) is 0 Å². The molecule has 0 aromatic heterocycles. The Labute approximate surface area is 117 Å². The first-order chi connectivity index (χ1) is 8.20. The van der Waals surface area contributed by atoms with Gasteiger partial charge >= 0.3 is 0 Å². The van der Waals surface area contributed by atoms with Gasteiger partial charge in [-0.1, -0.05) is 25.5 Å². The van der Waals surface area contributed by atoms with Crippen molar-refractivity contribution < 1.29 is 4.74 Å². The Bertz CT molecular complexity index is 380. The molecule has 0 heterocycles. The molecule has 1 aliphatic carbocycles. The quantitative estimate of drug-likeness (QED) is 0.701. The first kappa shape index (κ1) is 13.2. The highest BCUT2D eigenvalue weighted by atomic mass is 79.9. The van der Waals surface area contributed by atoms with Crippen molar-refractivity contribution in [2.24, 2.45) is 5.92 Å². The zero-order valence-corrected chi connectivity index (χ0v) is 12.4. The number of hydrogen-bond donors (Lipinski definition) is 0. The summed E-state index contributed by atoms with van der Waals surface area (Å²) in [6.07, 6.45) is 5.26. The van der Waals surface area contributed by atoms with Crippen LogP contribution in [0.4, 0.5) is 0 Å². The standard InChI is InChI=1S/C14H18BrClO/c1-10-4-2-6-12(8-10)17-14-11(9-16)5-3-7-13(14)15/h3,5,7,10,12H,2,4,6,8-9H2,1H3. The molecule has 2 atom stereocenters. The minimum Gasteiger partial charge on any atom is -0.489 e. The van der Waals surface area contributed by atoms with Crippen LogP contribution in [-0.4, -0.2) is 6.10 Å². The van der Waals surface area contributed by atoms with Gasteiger partial charge in [0.05, 0.1) is 16.5 Å². The lowest BCUT2D eigenvalue weighted by Crippen LogP contribution is -2.24. The first-order valence-corrected chi connectivity index (χ1v) is 7.53. The molecule has 0 aliphatic heterocycles. The van der Waals surface area contributed by atoms with Crippen molar-refractivity contribution in [3.8, 4) is 5.75 Å². The lowest BCUT2D eigenvalue weighted by Gasteiger charge is -2.28. The summed E-state index contributed by atoms with van der Waals surface area (Å²) < 4.78 is 7.16. The first-order valence-electron chi connectivity index (χ1n) is 6.20. The van der Waals surface area contributed by atoms with Crippen molar-refractivity contribution in [1.29, 1.82) is 0 Å². The van der Waals surface area contributed by atoms with Crippen molar-refractivity contribution in [2.75, 3.05) is 0 Å². The molecule has 0 amide bonds. The average molecular weight is 318 g/mol. The van der Waals surface area contributed by atoms with Gasteiger partial charge in [-0.05, 0) is 47.2 Å². The minimum absolute atomic E-state index is 0.347. The molecule has 2 unspecified atom stereocenters. The summed E-state index contributed by atoms with van der Waals surface area (Å²) in [5, 5.41) is 0. The van der Waals surface area contributed by atoms with Crippen LogP contribution in [0.3, 0.4) is 0 Å². The van der Waals surface area contributed by atoms with E-state index in [1.807, 2.05) is 18.2 Å². The third kappa shape index (κ3) is 3.38. The monoisotopic (exact) mass is 316 g/mol. The van der Waals surface area contributed by atoms with Crippen LogP contribution in [0, 0.1) is 5.92 Å². The van der Waals surface area contributed by atoms with Gasteiger partial charge in [0.15, 0.2) is 0 Å². The molecule has 17 heavy (non-hydrogen) atoms. The molecule has 0 N–H and O–H groups in total. The summed E-state index contributed by atoms with van der Waals surface area (Å²) in [5.74, 6) is 2.20. The fourth-order valence-corrected chi connectivity index (χ4v) is 3.15. The van der Waals surface area contributed by atoms with E-state index in [1.165, 1.54) is 12.8 Å². The van der Waals surface area contributed by atoms with Crippen molar-refractivity contribution in [3.05, 3.63) is 28.2 Å². The highest BCUT2D eigenvalue weighted by Gasteiger charge is 2.21. The topological polar surface area (TPSA) is 9.23 Å². The maximum Gasteiger partial charge on any atom is 0.138 e. The summed E-state index contributed by atoms with van der Waals surface area (Å²) in [6.45, 7) is 2.30. The maximum atomic E-state index is 6.15. The van der Waals surface area contributed by atoms with Crippen LogP contribution in [0.5, 0.6) is 5.75 Å². The molecule has 1 aliphatic rings. The smallest absolute Gasteiger partial charge is 0.138 e. The van der Waals surface area contributed by atoms with Gasteiger partial charge < -0.3 is 4.74 Å². The van der Waals surface area contributed by atoms with Crippen molar-refractivity contribution in [2.45, 2.75) is 44.6 Å². The summed E-state index contributed by atoms with van der Waals surface area (Å²) in [6, 6.07) is 6.04. The fourth-order valence-electron chi connectivity index (χ4n) is 2.44. The van der Waals surface area contributed by atoms with E-state index in [-0.39, 0.29) is 0 Å². The number of hydrogen-bond acceptors (Lipinski definition) is 1. The molecule has 3 heteroatoms. The molecule has 1 saturated carbocycles. The normalized spacial score (nSPS) is 24.6. The van der Waals surface area contributed by atoms with E-state index >= 15 is 0 Å². The average Bonchev–Trinajstić information content (AvgIpc) is 2.32. The lowest BCUT2D eigenvalue weighted by atomic mass is 9.88. The Morgan fingerprint density at radius 2 is 2.24 bits per heavy atom. The Morgan fingerprint density at radius 3 is 2.94 bits per heavy atom. The molecule has 0 radical (unpaired) electrons. The highest BCUT2D eigenvalue weighted by molar-refractivity contribution is 9.10. The highest BCUT2D eigenvalue weighted by Crippen LogP contribution is 2.34. The predicted molar refractivity (Wildman–Crippen MR) is 75.7 cm³/mol.